The van der Waals surface area contributed by atoms with Gasteiger partial charge in [-0.15, -0.1) is 0 Å². The van der Waals surface area contributed by atoms with Crippen LogP contribution in [-0.2, 0) is 0 Å². The molecule has 1 amide bonds. The van der Waals surface area contributed by atoms with E-state index >= 15 is 0 Å². The van der Waals surface area contributed by atoms with Crippen LogP contribution in [0, 0.1) is 17.2 Å². The lowest BCUT2D eigenvalue weighted by Gasteiger charge is -2.22. The van der Waals surface area contributed by atoms with E-state index in [1.165, 1.54) is 48.2 Å². The Bertz CT molecular complexity index is 1330. The van der Waals surface area contributed by atoms with Crippen molar-refractivity contribution in [3.8, 4) is 17.3 Å². The van der Waals surface area contributed by atoms with E-state index in [0.717, 1.165) is 5.56 Å². The summed E-state index contributed by atoms with van der Waals surface area (Å²) in [6.07, 6.45) is 6.91. The zero-order valence-electron chi connectivity index (χ0n) is 20.0. The minimum absolute atomic E-state index is 0.182. The number of nitrogens with zero attached hydrogens (tertiary/aromatic N) is 4. The number of aliphatic hydroxyl groups excluding tert-OH is 1. The quantitative estimate of drug-likeness (QED) is 0.585. The Balaban J connectivity index is 1.56. The highest BCUT2D eigenvalue weighted by Crippen LogP contribution is 2.33. The van der Waals surface area contributed by atoms with Gasteiger partial charge in [-0.25, -0.2) is 9.50 Å². The first-order chi connectivity index (χ1) is 17.0. The third-order valence-corrected chi connectivity index (χ3v) is 7.57. The largest absolute Gasteiger partial charge is 0.396 e. The lowest BCUT2D eigenvalue weighted by Crippen LogP contribution is -2.30. The van der Waals surface area contributed by atoms with E-state index in [1.807, 2.05) is 12.1 Å². The molecule has 2 aromatic heterocycles. The van der Waals surface area contributed by atoms with Crippen LogP contribution in [0.3, 0.4) is 0 Å². The molecule has 2 N–H and O–H groups in total. The Hall–Kier alpha value is -3.44. The van der Waals surface area contributed by atoms with Crippen molar-refractivity contribution in [3.05, 3.63) is 57.5 Å². The number of carbonyl (C=O) groups is 1. The maximum absolute atomic E-state index is 13.6. The van der Waals surface area contributed by atoms with Gasteiger partial charge >= 0.3 is 0 Å². The lowest BCUT2D eigenvalue weighted by atomic mass is 9.84. The molecule has 1 aromatic carbocycles. The molecular formula is C27H31N5O3. The predicted molar refractivity (Wildman–Crippen MR) is 132 cm³/mol. The number of aliphatic hydroxyl groups is 1. The molecule has 0 spiro atoms. The Morgan fingerprint density at radius 2 is 1.97 bits per heavy atom. The third-order valence-electron chi connectivity index (χ3n) is 7.57. The average Bonchev–Trinajstić information content (AvgIpc) is 3.54. The minimum atomic E-state index is -0.386. The van der Waals surface area contributed by atoms with Gasteiger partial charge in [0.25, 0.3) is 11.5 Å². The number of carbonyl (C=O) groups excluding carboxylic acids is 1. The van der Waals surface area contributed by atoms with E-state index in [2.05, 4.69) is 23.3 Å². The number of nitrogens with one attached hydrogen (secondary N) is 1. The second-order valence-electron chi connectivity index (χ2n) is 9.95. The fourth-order valence-electron chi connectivity index (χ4n) is 5.43. The fourth-order valence-corrected chi connectivity index (χ4v) is 5.43. The molecule has 1 saturated heterocycles. The number of rotatable bonds is 5. The number of aromatic nitrogens is 3. The van der Waals surface area contributed by atoms with E-state index in [-0.39, 0.29) is 35.6 Å². The molecule has 1 aliphatic carbocycles. The summed E-state index contributed by atoms with van der Waals surface area (Å²) >= 11 is 0. The zero-order valence-corrected chi connectivity index (χ0v) is 20.0. The summed E-state index contributed by atoms with van der Waals surface area (Å²) in [6.45, 7) is 2.44. The van der Waals surface area contributed by atoms with Gasteiger partial charge in [0.05, 0.1) is 30.0 Å². The highest BCUT2D eigenvalue weighted by atomic mass is 16.3. The Morgan fingerprint density at radius 3 is 2.63 bits per heavy atom. The highest BCUT2D eigenvalue weighted by Gasteiger charge is 2.32. The maximum Gasteiger partial charge on any atom is 0.273 e. The first-order valence-electron chi connectivity index (χ1n) is 12.6. The molecule has 0 radical (unpaired) electrons. The van der Waals surface area contributed by atoms with Gasteiger partial charge in [-0.3, -0.25) is 14.7 Å². The summed E-state index contributed by atoms with van der Waals surface area (Å²) in [6, 6.07) is 12.0. The van der Waals surface area contributed by atoms with Crippen molar-refractivity contribution >= 4 is 11.6 Å². The van der Waals surface area contributed by atoms with Crippen LogP contribution in [0.5, 0.6) is 0 Å². The van der Waals surface area contributed by atoms with Gasteiger partial charge in [-0.2, -0.15) is 5.26 Å². The standard InChI is InChI=1S/C27H31N5O3/c1-17(16-33)25-24(27(35)31-12-11-18(14-28)15-31)26-29-22(13-23(34)32(26)30-25)21-9-7-20(8-10-21)19-5-3-2-4-6-19/h7-10,13,17-19,30,33H,2-6,11-12,15-16H2,1H3/t17?,18-/m0/s1. The molecule has 1 unspecified atom stereocenters. The van der Waals surface area contributed by atoms with Crippen LogP contribution in [0.4, 0.5) is 0 Å². The van der Waals surface area contributed by atoms with Gasteiger partial charge in [-0.1, -0.05) is 50.5 Å². The number of amides is 1. The number of H-pyrrole nitrogens is 1. The Kier molecular flexibility index (Phi) is 6.44. The van der Waals surface area contributed by atoms with Crippen molar-refractivity contribution in [3.63, 3.8) is 0 Å². The summed E-state index contributed by atoms with van der Waals surface area (Å²) in [5.74, 6) is -0.263. The van der Waals surface area contributed by atoms with Crippen molar-refractivity contribution in [2.45, 2.75) is 57.3 Å². The van der Waals surface area contributed by atoms with Gasteiger partial charge in [-0.05, 0) is 30.7 Å². The van der Waals surface area contributed by atoms with Gasteiger partial charge in [0.15, 0.2) is 5.65 Å². The fraction of sp³-hybridized carbons (Fsp3) is 0.481. The molecule has 2 atom stereocenters. The molecule has 3 heterocycles. The second kappa shape index (κ2) is 9.67. The predicted octanol–water partition coefficient (Wildman–Crippen LogP) is 3.82. The van der Waals surface area contributed by atoms with Crippen molar-refractivity contribution in [2.24, 2.45) is 5.92 Å². The van der Waals surface area contributed by atoms with Crippen molar-refractivity contribution < 1.29 is 9.90 Å². The van der Waals surface area contributed by atoms with Gasteiger partial charge < -0.3 is 10.0 Å². The van der Waals surface area contributed by atoms with Crippen molar-refractivity contribution in [1.29, 1.82) is 5.26 Å². The van der Waals surface area contributed by atoms with E-state index in [4.69, 9.17) is 4.98 Å². The molecule has 2 fully saturated rings. The Morgan fingerprint density at radius 1 is 1.23 bits per heavy atom. The third kappa shape index (κ3) is 4.37. The molecule has 8 nitrogen and oxygen atoms in total. The van der Waals surface area contributed by atoms with Gasteiger partial charge in [0.1, 0.15) is 5.56 Å². The summed E-state index contributed by atoms with van der Waals surface area (Å²) in [5.41, 5.74) is 3.37. The van der Waals surface area contributed by atoms with E-state index in [0.29, 0.717) is 42.4 Å². The molecule has 35 heavy (non-hydrogen) atoms. The first-order valence-corrected chi connectivity index (χ1v) is 12.6. The smallest absolute Gasteiger partial charge is 0.273 e. The SMILES string of the molecule is CC(CO)c1[nH]n2c(=O)cc(-c3ccc(C4CCCCC4)cc3)nc2c1C(=O)N1CC[C@@H](C#N)C1. The number of benzene rings is 1. The number of aromatic amines is 1. The van der Waals surface area contributed by atoms with Gasteiger partial charge in [0, 0.05) is 30.6 Å². The molecule has 1 saturated carbocycles. The maximum atomic E-state index is 13.6. The Labute approximate surface area is 204 Å². The van der Waals surface area contributed by atoms with Crippen LogP contribution in [0.2, 0.25) is 0 Å². The van der Waals surface area contributed by atoms with E-state index in [9.17, 15) is 20.0 Å². The van der Waals surface area contributed by atoms with E-state index < -0.39 is 0 Å². The molecule has 8 heteroatoms. The van der Waals surface area contributed by atoms with Crippen LogP contribution in [0.1, 0.15) is 78.9 Å². The molecular weight excluding hydrogens is 442 g/mol. The number of fused-ring (bicyclic) bond motifs is 1. The minimum Gasteiger partial charge on any atom is -0.396 e. The first kappa shape index (κ1) is 23.3. The summed E-state index contributed by atoms with van der Waals surface area (Å²) in [4.78, 5) is 33.0. The highest BCUT2D eigenvalue weighted by molar-refractivity contribution is 6.01. The summed E-state index contributed by atoms with van der Waals surface area (Å²) in [7, 11) is 0. The topological polar surface area (TPSA) is 114 Å². The molecule has 182 valence electrons. The number of hydrogen-bond acceptors (Lipinski definition) is 5. The van der Waals surface area contributed by atoms with Crippen LogP contribution in [0.15, 0.2) is 35.1 Å². The zero-order chi connectivity index (χ0) is 24.5. The van der Waals surface area contributed by atoms with Crippen molar-refractivity contribution in [2.75, 3.05) is 19.7 Å². The van der Waals surface area contributed by atoms with Crippen LogP contribution in [-0.4, -0.2) is 50.2 Å². The van der Waals surface area contributed by atoms with Crippen LogP contribution >= 0.6 is 0 Å². The molecule has 2 aliphatic rings. The average molecular weight is 474 g/mol. The summed E-state index contributed by atoms with van der Waals surface area (Å²) < 4.78 is 1.28. The number of nitriles is 1. The normalized spacial score (nSPS) is 19.7. The lowest BCUT2D eigenvalue weighted by molar-refractivity contribution is 0.0789. The molecule has 5 rings (SSSR count). The van der Waals surface area contributed by atoms with Crippen LogP contribution < -0.4 is 5.56 Å². The second-order valence-corrected chi connectivity index (χ2v) is 9.95. The van der Waals surface area contributed by atoms with Crippen molar-refractivity contribution in [1.82, 2.24) is 19.5 Å². The molecule has 0 bridgehead atoms. The number of hydrogen-bond donors (Lipinski definition) is 2. The van der Waals surface area contributed by atoms with E-state index in [1.54, 1.807) is 11.8 Å². The summed E-state index contributed by atoms with van der Waals surface area (Å²) in [5, 5.41) is 22.1. The molecule has 3 aromatic rings. The van der Waals surface area contributed by atoms with Crippen LogP contribution in [0.25, 0.3) is 16.9 Å². The molecule has 1 aliphatic heterocycles. The number of likely N-dealkylation sites (tertiary alicyclic amines) is 1. The van der Waals surface area contributed by atoms with Gasteiger partial charge in [0.2, 0.25) is 0 Å². The monoisotopic (exact) mass is 473 g/mol.